The minimum Gasteiger partial charge on any atom is -0.450 e. The summed E-state index contributed by atoms with van der Waals surface area (Å²) < 4.78 is 6.00. The van der Waals surface area contributed by atoms with Gasteiger partial charge in [-0.3, -0.25) is 14.4 Å². The van der Waals surface area contributed by atoms with Crippen molar-refractivity contribution in [3.63, 3.8) is 0 Å². The molecule has 0 bridgehead atoms. The van der Waals surface area contributed by atoms with Crippen LogP contribution in [0.1, 0.15) is 39.2 Å². The molecular weight excluding hydrogens is 456 g/mol. The molecule has 7 nitrogen and oxygen atoms in total. The molecule has 7 heteroatoms. The number of benzene rings is 3. The number of para-hydroxylation sites is 2. The molecule has 3 aromatic carbocycles. The van der Waals surface area contributed by atoms with Gasteiger partial charge in [0.05, 0.1) is 23.2 Å². The van der Waals surface area contributed by atoms with Gasteiger partial charge in [0.15, 0.2) is 11.0 Å². The van der Waals surface area contributed by atoms with Crippen molar-refractivity contribution in [1.82, 2.24) is 4.90 Å². The maximum absolute atomic E-state index is 14.5. The Morgan fingerprint density at radius 2 is 1.64 bits per heavy atom. The minimum atomic E-state index is -1.66. The Hall–Kier alpha value is -4.23. The molecule has 2 aliphatic rings. The number of nitrogens with zero attached hydrogens (tertiary/aromatic N) is 2. The second-order valence-electron chi connectivity index (χ2n) is 9.27. The second-order valence-corrected chi connectivity index (χ2v) is 9.27. The highest BCUT2D eigenvalue weighted by molar-refractivity contribution is 6.17. The third-order valence-corrected chi connectivity index (χ3v) is 7.14. The van der Waals surface area contributed by atoms with Gasteiger partial charge in [-0.2, -0.15) is 0 Å². The zero-order valence-corrected chi connectivity index (χ0v) is 19.7. The Labute approximate surface area is 207 Å². The van der Waals surface area contributed by atoms with Crippen LogP contribution in [-0.4, -0.2) is 35.0 Å². The van der Waals surface area contributed by atoms with E-state index in [-0.39, 0.29) is 43.3 Å². The van der Waals surface area contributed by atoms with Gasteiger partial charge in [-0.15, -0.1) is 0 Å². The number of amides is 2. The quantitative estimate of drug-likeness (QED) is 0.470. The fourth-order valence-corrected chi connectivity index (χ4v) is 5.50. The molecule has 36 heavy (non-hydrogen) atoms. The van der Waals surface area contributed by atoms with E-state index < -0.39 is 16.9 Å². The van der Waals surface area contributed by atoms with Gasteiger partial charge < -0.3 is 19.3 Å². The smallest absolute Gasteiger partial charge is 0.291 e. The number of aliphatic hydroxyl groups excluding tert-OH is 1. The van der Waals surface area contributed by atoms with E-state index in [2.05, 4.69) is 0 Å². The van der Waals surface area contributed by atoms with Gasteiger partial charge in [0.1, 0.15) is 5.58 Å². The Morgan fingerprint density at radius 1 is 0.917 bits per heavy atom. The number of carbonyl (C=O) groups is 2. The van der Waals surface area contributed by atoms with E-state index in [9.17, 15) is 19.5 Å². The Balaban J connectivity index is 1.63. The summed E-state index contributed by atoms with van der Waals surface area (Å²) in [5.74, 6) is -1.02. The predicted octanol–water partition coefficient (Wildman–Crippen LogP) is 3.73. The van der Waals surface area contributed by atoms with Gasteiger partial charge in [0, 0.05) is 18.7 Å². The molecule has 2 amide bonds. The van der Waals surface area contributed by atoms with Crippen LogP contribution in [0.25, 0.3) is 11.0 Å². The first kappa shape index (κ1) is 22.2. The number of carbonyl (C=O) groups excluding carboxylic acids is 2. The molecule has 3 heterocycles. The summed E-state index contributed by atoms with van der Waals surface area (Å²) in [4.78, 5) is 45.3. The summed E-state index contributed by atoms with van der Waals surface area (Å²) in [6.45, 7) is 2.21. The molecule has 1 atom stereocenters. The van der Waals surface area contributed by atoms with Gasteiger partial charge in [0.2, 0.25) is 5.76 Å². The average molecular weight is 481 g/mol. The highest BCUT2D eigenvalue weighted by Crippen LogP contribution is 2.52. The molecule has 1 aromatic heterocycles. The van der Waals surface area contributed by atoms with Crippen molar-refractivity contribution < 1.29 is 19.1 Å². The van der Waals surface area contributed by atoms with E-state index in [4.69, 9.17) is 4.42 Å². The summed E-state index contributed by atoms with van der Waals surface area (Å²) in [5.41, 5.74) is 1.54. The van der Waals surface area contributed by atoms with Crippen LogP contribution in [0.15, 0.2) is 82.0 Å². The van der Waals surface area contributed by atoms with E-state index >= 15 is 0 Å². The van der Waals surface area contributed by atoms with Gasteiger partial charge in [0.25, 0.3) is 11.8 Å². The minimum absolute atomic E-state index is 0.0491. The SMILES string of the molecule is Cc1ccc(CN2C(=O)C3(c4ccccc42)c2c(oc4ccccc4c2=O)C(=O)N3CCCO)cc1. The number of fused-ring (bicyclic) bond motifs is 5. The lowest BCUT2D eigenvalue weighted by molar-refractivity contribution is -0.126. The fraction of sp³-hybridized carbons (Fsp3) is 0.207. The van der Waals surface area contributed by atoms with E-state index in [0.29, 0.717) is 22.2 Å². The van der Waals surface area contributed by atoms with Crippen LogP contribution in [-0.2, 0) is 16.9 Å². The Bertz CT molecular complexity index is 1590. The molecule has 2 aliphatic heterocycles. The molecule has 180 valence electrons. The second kappa shape index (κ2) is 8.17. The van der Waals surface area contributed by atoms with Crippen molar-refractivity contribution in [1.29, 1.82) is 0 Å². The lowest BCUT2D eigenvalue weighted by Gasteiger charge is -2.34. The number of aryl methyl sites for hydroxylation is 1. The highest BCUT2D eigenvalue weighted by Gasteiger charge is 2.64. The molecule has 0 saturated carbocycles. The molecule has 0 radical (unpaired) electrons. The normalized spacial score (nSPS) is 18.4. The maximum atomic E-state index is 14.5. The maximum Gasteiger partial charge on any atom is 0.291 e. The molecule has 1 N–H and O–H groups in total. The van der Waals surface area contributed by atoms with Crippen LogP contribution in [0.2, 0.25) is 0 Å². The predicted molar refractivity (Wildman–Crippen MR) is 135 cm³/mol. The topological polar surface area (TPSA) is 91.1 Å². The fourth-order valence-electron chi connectivity index (χ4n) is 5.50. The van der Waals surface area contributed by atoms with E-state index in [0.717, 1.165) is 11.1 Å². The Kier molecular flexibility index (Phi) is 5.05. The van der Waals surface area contributed by atoms with Gasteiger partial charge >= 0.3 is 0 Å². The third kappa shape index (κ3) is 2.93. The van der Waals surface area contributed by atoms with Crippen LogP contribution < -0.4 is 10.3 Å². The van der Waals surface area contributed by atoms with Crippen molar-refractivity contribution in [2.45, 2.75) is 25.4 Å². The van der Waals surface area contributed by atoms with Crippen molar-refractivity contribution in [2.75, 3.05) is 18.1 Å². The van der Waals surface area contributed by atoms with Crippen LogP contribution in [0.3, 0.4) is 0 Å². The zero-order valence-electron chi connectivity index (χ0n) is 19.7. The monoisotopic (exact) mass is 480 g/mol. The average Bonchev–Trinajstić information content (AvgIpc) is 3.29. The number of hydrogen-bond donors (Lipinski definition) is 1. The standard InChI is InChI=1S/C29H24N2O5/c1-18-11-13-19(14-12-18)17-30-22-9-4-3-8-21(22)29(28(30)35)24-25(33)20-7-2-5-10-23(20)36-26(24)27(34)31(29)15-6-16-32/h2-5,7-14,32H,6,15-17H2,1H3. The van der Waals surface area contributed by atoms with Crippen LogP contribution in [0.5, 0.6) is 0 Å². The highest BCUT2D eigenvalue weighted by atomic mass is 16.3. The number of anilines is 1. The van der Waals surface area contributed by atoms with E-state index in [1.54, 1.807) is 41.3 Å². The largest absolute Gasteiger partial charge is 0.450 e. The van der Waals surface area contributed by atoms with Crippen LogP contribution in [0, 0.1) is 6.92 Å². The summed E-state index contributed by atoms with van der Waals surface area (Å²) in [6, 6.07) is 21.9. The molecular formula is C29H24N2O5. The van der Waals surface area contributed by atoms with Gasteiger partial charge in [-0.25, -0.2) is 0 Å². The summed E-state index contributed by atoms with van der Waals surface area (Å²) in [5, 5.41) is 9.90. The first-order chi connectivity index (χ1) is 17.5. The van der Waals surface area contributed by atoms with Crippen LogP contribution >= 0.6 is 0 Å². The number of aliphatic hydroxyl groups is 1. The van der Waals surface area contributed by atoms with Gasteiger partial charge in [-0.1, -0.05) is 60.2 Å². The van der Waals surface area contributed by atoms with Crippen molar-refractivity contribution in [2.24, 2.45) is 0 Å². The Morgan fingerprint density at radius 3 is 2.42 bits per heavy atom. The zero-order chi connectivity index (χ0) is 25.0. The molecule has 4 aromatic rings. The summed E-state index contributed by atoms with van der Waals surface area (Å²) in [7, 11) is 0. The first-order valence-corrected chi connectivity index (χ1v) is 11.9. The van der Waals surface area contributed by atoms with Crippen LogP contribution in [0.4, 0.5) is 5.69 Å². The van der Waals surface area contributed by atoms with Crippen molar-refractivity contribution in [3.05, 3.63) is 111 Å². The molecule has 6 rings (SSSR count). The van der Waals surface area contributed by atoms with Gasteiger partial charge in [-0.05, 0) is 37.1 Å². The molecule has 0 saturated heterocycles. The number of hydrogen-bond acceptors (Lipinski definition) is 5. The molecule has 0 fully saturated rings. The molecule has 1 unspecified atom stereocenters. The lowest BCUT2D eigenvalue weighted by atomic mass is 9.84. The lowest BCUT2D eigenvalue weighted by Crippen LogP contribution is -2.53. The van der Waals surface area contributed by atoms with Crippen molar-refractivity contribution in [3.8, 4) is 0 Å². The molecule has 0 aliphatic carbocycles. The van der Waals surface area contributed by atoms with E-state index in [1.807, 2.05) is 43.3 Å². The summed E-state index contributed by atoms with van der Waals surface area (Å²) in [6.07, 6.45) is 0.253. The molecule has 1 spiro atoms. The number of rotatable bonds is 5. The third-order valence-electron chi connectivity index (χ3n) is 7.14. The van der Waals surface area contributed by atoms with E-state index in [1.165, 1.54) is 4.90 Å². The first-order valence-electron chi connectivity index (χ1n) is 11.9. The van der Waals surface area contributed by atoms with Crippen molar-refractivity contribution >= 4 is 28.5 Å². The summed E-state index contributed by atoms with van der Waals surface area (Å²) >= 11 is 0.